The van der Waals surface area contributed by atoms with Crippen LogP contribution in [0.1, 0.15) is 36.2 Å². The number of hydrogen-bond acceptors (Lipinski definition) is 5. The van der Waals surface area contributed by atoms with Crippen LogP contribution in [0.5, 0.6) is 5.75 Å². The minimum absolute atomic E-state index is 0.172. The molecule has 1 aromatic carbocycles. The number of hydrogen-bond donors (Lipinski definition) is 1. The number of carbonyl (C=O) groups is 3. The molecular formula is C23H25N3O4S. The van der Waals surface area contributed by atoms with Gasteiger partial charge in [0.25, 0.3) is 11.1 Å². The van der Waals surface area contributed by atoms with Gasteiger partial charge < -0.3 is 14.6 Å². The highest BCUT2D eigenvalue weighted by molar-refractivity contribution is 8.18. The number of rotatable bonds is 4. The summed E-state index contributed by atoms with van der Waals surface area (Å²) in [5.41, 5.74) is 3.61. The van der Waals surface area contributed by atoms with Crippen LogP contribution in [0.4, 0.5) is 4.79 Å². The number of amides is 3. The minimum atomic E-state index is -0.421. The number of likely N-dealkylation sites (tertiary alicyclic amines) is 1. The van der Waals surface area contributed by atoms with Crippen LogP contribution in [0.3, 0.4) is 0 Å². The Labute approximate surface area is 185 Å². The molecule has 0 aliphatic carbocycles. The van der Waals surface area contributed by atoms with Crippen LogP contribution in [0.25, 0.3) is 11.8 Å². The molecule has 162 valence electrons. The summed E-state index contributed by atoms with van der Waals surface area (Å²) in [5, 5.41) is 9.13. The fraction of sp³-hybridized carbons (Fsp3) is 0.348. The number of aryl methyl sites for hydroxylation is 1. The third kappa shape index (κ3) is 4.25. The molecule has 1 aromatic heterocycles. The van der Waals surface area contributed by atoms with E-state index in [0.717, 1.165) is 58.6 Å². The summed E-state index contributed by atoms with van der Waals surface area (Å²) in [6.45, 7) is 5.08. The molecule has 0 bridgehead atoms. The van der Waals surface area contributed by atoms with Gasteiger partial charge in [0.05, 0.1) is 4.91 Å². The van der Waals surface area contributed by atoms with Crippen molar-refractivity contribution in [2.24, 2.45) is 0 Å². The first-order chi connectivity index (χ1) is 14.8. The molecule has 7 nitrogen and oxygen atoms in total. The second-order valence-corrected chi connectivity index (χ2v) is 8.88. The van der Waals surface area contributed by atoms with Crippen LogP contribution < -0.4 is 0 Å². The Balaban J connectivity index is 1.55. The van der Waals surface area contributed by atoms with E-state index in [0.29, 0.717) is 18.0 Å². The predicted octanol–water partition coefficient (Wildman–Crippen LogP) is 3.85. The lowest BCUT2D eigenvalue weighted by Gasteiger charge is -2.27. The van der Waals surface area contributed by atoms with Gasteiger partial charge in [0.1, 0.15) is 12.3 Å². The number of nitrogens with zero attached hydrogens (tertiary/aromatic N) is 3. The van der Waals surface area contributed by atoms with Gasteiger partial charge in [0.2, 0.25) is 5.91 Å². The van der Waals surface area contributed by atoms with Gasteiger partial charge >= 0.3 is 0 Å². The molecule has 2 saturated heterocycles. The fourth-order valence-corrected chi connectivity index (χ4v) is 4.92. The van der Waals surface area contributed by atoms with Gasteiger partial charge in [-0.25, -0.2) is 0 Å². The largest absolute Gasteiger partial charge is 0.508 e. The summed E-state index contributed by atoms with van der Waals surface area (Å²) in [5.74, 6) is -0.400. The van der Waals surface area contributed by atoms with Crippen LogP contribution >= 0.6 is 11.8 Å². The van der Waals surface area contributed by atoms with Crippen molar-refractivity contribution >= 4 is 34.9 Å². The molecule has 0 unspecified atom stereocenters. The van der Waals surface area contributed by atoms with Crippen LogP contribution in [-0.2, 0) is 9.59 Å². The van der Waals surface area contributed by atoms with Crippen molar-refractivity contribution in [3.8, 4) is 11.4 Å². The van der Waals surface area contributed by atoms with Crippen molar-refractivity contribution in [2.45, 2.75) is 33.1 Å². The van der Waals surface area contributed by atoms with Crippen molar-refractivity contribution in [1.82, 2.24) is 14.4 Å². The van der Waals surface area contributed by atoms with Gasteiger partial charge in [-0.1, -0.05) is 0 Å². The SMILES string of the molecule is Cc1cc(/C=C2\SC(=O)N(CC(=O)N3CCCCC3)C2=O)c(C)n1-c1ccc(O)cc1. The highest BCUT2D eigenvalue weighted by Gasteiger charge is 2.37. The maximum atomic E-state index is 12.9. The number of phenols is 1. The van der Waals surface area contributed by atoms with Crippen molar-refractivity contribution in [2.75, 3.05) is 19.6 Å². The van der Waals surface area contributed by atoms with Crippen molar-refractivity contribution in [3.05, 3.63) is 52.2 Å². The Morgan fingerprint density at radius 1 is 1.10 bits per heavy atom. The third-order valence-electron chi connectivity index (χ3n) is 5.74. The van der Waals surface area contributed by atoms with Crippen LogP contribution in [0.2, 0.25) is 0 Å². The smallest absolute Gasteiger partial charge is 0.294 e. The average molecular weight is 440 g/mol. The van der Waals surface area contributed by atoms with Crippen LogP contribution in [-0.4, -0.2) is 56.2 Å². The molecule has 2 aliphatic rings. The number of benzene rings is 1. The van der Waals surface area contributed by atoms with E-state index in [2.05, 4.69) is 0 Å². The highest BCUT2D eigenvalue weighted by Crippen LogP contribution is 2.34. The Bertz CT molecular complexity index is 1070. The van der Waals surface area contributed by atoms with Gasteiger partial charge in [0, 0.05) is 30.2 Å². The zero-order valence-corrected chi connectivity index (χ0v) is 18.4. The zero-order valence-electron chi connectivity index (χ0n) is 17.6. The normalized spacial score (nSPS) is 18.3. The second-order valence-electron chi connectivity index (χ2n) is 7.89. The second kappa shape index (κ2) is 8.63. The van der Waals surface area contributed by atoms with E-state index >= 15 is 0 Å². The lowest BCUT2D eigenvalue weighted by atomic mass is 10.1. The summed E-state index contributed by atoms with van der Waals surface area (Å²) in [6, 6.07) is 8.84. The number of carbonyl (C=O) groups excluding carboxylic acids is 3. The summed E-state index contributed by atoms with van der Waals surface area (Å²) in [4.78, 5) is 40.9. The van der Waals surface area contributed by atoms with Gasteiger partial charge in [0.15, 0.2) is 0 Å². The number of aromatic hydroxyl groups is 1. The lowest BCUT2D eigenvalue weighted by Crippen LogP contribution is -2.44. The van der Waals surface area contributed by atoms with Gasteiger partial charge in [-0.2, -0.15) is 0 Å². The molecule has 2 aliphatic heterocycles. The predicted molar refractivity (Wildman–Crippen MR) is 120 cm³/mol. The molecule has 0 saturated carbocycles. The van der Waals surface area contributed by atoms with E-state index in [4.69, 9.17) is 0 Å². The van der Waals surface area contributed by atoms with E-state index in [1.165, 1.54) is 0 Å². The average Bonchev–Trinajstić information content (AvgIpc) is 3.19. The molecule has 31 heavy (non-hydrogen) atoms. The van der Waals surface area contributed by atoms with Crippen LogP contribution in [0.15, 0.2) is 35.2 Å². The maximum Gasteiger partial charge on any atom is 0.294 e. The minimum Gasteiger partial charge on any atom is -0.508 e. The number of aromatic nitrogens is 1. The monoisotopic (exact) mass is 439 g/mol. The Morgan fingerprint density at radius 3 is 2.45 bits per heavy atom. The Hall–Kier alpha value is -3.00. The molecule has 3 heterocycles. The van der Waals surface area contributed by atoms with E-state index in [-0.39, 0.29) is 18.2 Å². The molecular weight excluding hydrogens is 414 g/mol. The topological polar surface area (TPSA) is 82.9 Å². The van der Waals surface area contributed by atoms with Crippen molar-refractivity contribution in [3.63, 3.8) is 0 Å². The molecule has 3 amide bonds. The molecule has 0 spiro atoms. The van der Waals surface area contributed by atoms with E-state index in [1.807, 2.05) is 36.6 Å². The standard InChI is InChI=1S/C23H25N3O4S/c1-15-12-17(16(2)26(15)18-6-8-19(27)9-7-18)13-20-22(29)25(23(30)31-20)14-21(28)24-10-4-3-5-11-24/h6-9,12-13,27H,3-5,10-11,14H2,1-2H3/b20-13-. The number of phenolic OH excluding ortho intramolecular Hbond substituents is 1. The first-order valence-corrected chi connectivity index (χ1v) is 11.2. The van der Waals surface area contributed by atoms with E-state index < -0.39 is 11.1 Å². The zero-order chi connectivity index (χ0) is 22.1. The molecule has 1 N–H and O–H groups in total. The Morgan fingerprint density at radius 2 is 1.77 bits per heavy atom. The summed E-state index contributed by atoms with van der Waals surface area (Å²) < 4.78 is 2.02. The molecule has 0 atom stereocenters. The van der Waals surface area contributed by atoms with E-state index in [9.17, 15) is 19.5 Å². The maximum absolute atomic E-state index is 12.9. The van der Waals surface area contributed by atoms with Gasteiger partial charge in [-0.15, -0.1) is 0 Å². The number of thioether (sulfide) groups is 1. The number of piperidine rings is 1. The molecule has 2 aromatic rings. The fourth-order valence-electron chi connectivity index (χ4n) is 4.09. The molecule has 8 heteroatoms. The van der Waals surface area contributed by atoms with Gasteiger partial charge in [-0.05, 0) is 86.8 Å². The summed E-state index contributed by atoms with van der Waals surface area (Å²) in [7, 11) is 0. The van der Waals surface area contributed by atoms with Crippen molar-refractivity contribution < 1.29 is 19.5 Å². The summed E-state index contributed by atoms with van der Waals surface area (Å²) >= 11 is 0.872. The number of imide groups is 1. The third-order valence-corrected chi connectivity index (χ3v) is 6.65. The highest BCUT2D eigenvalue weighted by atomic mass is 32.2. The van der Waals surface area contributed by atoms with Crippen LogP contribution in [0, 0.1) is 13.8 Å². The summed E-state index contributed by atoms with van der Waals surface area (Å²) in [6.07, 6.45) is 4.75. The first kappa shape index (κ1) is 21.2. The molecule has 4 rings (SSSR count). The molecule has 0 radical (unpaired) electrons. The van der Waals surface area contributed by atoms with Crippen molar-refractivity contribution in [1.29, 1.82) is 0 Å². The quantitative estimate of drug-likeness (QED) is 0.732. The van der Waals surface area contributed by atoms with Gasteiger partial charge in [-0.3, -0.25) is 19.3 Å². The Kier molecular flexibility index (Phi) is 5.91. The molecule has 2 fully saturated rings. The lowest BCUT2D eigenvalue weighted by molar-refractivity contribution is -0.136. The van der Waals surface area contributed by atoms with E-state index in [1.54, 1.807) is 23.1 Å². The first-order valence-electron chi connectivity index (χ1n) is 10.4.